The summed E-state index contributed by atoms with van der Waals surface area (Å²) < 4.78 is 0. The minimum atomic E-state index is -0.799. The van der Waals surface area contributed by atoms with E-state index in [1.165, 1.54) is 0 Å². The van der Waals surface area contributed by atoms with Crippen molar-refractivity contribution in [3.8, 4) is 0 Å². The molecule has 1 aliphatic heterocycles. The van der Waals surface area contributed by atoms with Crippen molar-refractivity contribution < 1.29 is 14.7 Å². The molecule has 1 fully saturated rings. The molecule has 5 nitrogen and oxygen atoms in total. The van der Waals surface area contributed by atoms with Gasteiger partial charge in [0.05, 0.1) is 5.92 Å². The first kappa shape index (κ1) is 11.8. The maximum atomic E-state index is 11.8. The van der Waals surface area contributed by atoms with Gasteiger partial charge in [-0.05, 0) is 19.8 Å². The fraction of sp³-hybridized carbons (Fsp3) is 0.800. The number of amides is 2. The molecule has 0 aromatic heterocycles. The van der Waals surface area contributed by atoms with E-state index in [9.17, 15) is 9.59 Å². The zero-order valence-corrected chi connectivity index (χ0v) is 9.27. The number of carboxylic acid groups (broad SMARTS) is 1. The van der Waals surface area contributed by atoms with E-state index >= 15 is 0 Å². The van der Waals surface area contributed by atoms with Crippen LogP contribution in [0.3, 0.4) is 0 Å². The predicted molar refractivity (Wildman–Crippen MR) is 55.6 cm³/mol. The van der Waals surface area contributed by atoms with Crippen molar-refractivity contribution in [3.05, 3.63) is 0 Å². The molecular weight excluding hydrogens is 196 g/mol. The number of aliphatic carboxylic acids is 1. The number of hydrogen-bond donors (Lipinski definition) is 1. The summed E-state index contributed by atoms with van der Waals surface area (Å²) in [6.45, 7) is 3.56. The Balaban J connectivity index is 2.56. The van der Waals surface area contributed by atoms with Gasteiger partial charge in [0, 0.05) is 26.7 Å². The Morgan fingerprint density at radius 3 is 2.73 bits per heavy atom. The molecule has 0 aliphatic carbocycles. The van der Waals surface area contributed by atoms with Gasteiger partial charge in [-0.1, -0.05) is 0 Å². The Morgan fingerprint density at radius 2 is 2.20 bits per heavy atom. The van der Waals surface area contributed by atoms with Crippen molar-refractivity contribution in [1.29, 1.82) is 0 Å². The molecule has 5 heteroatoms. The molecule has 0 saturated carbocycles. The van der Waals surface area contributed by atoms with Crippen molar-refractivity contribution in [1.82, 2.24) is 9.80 Å². The molecule has 1 aliphatic rings. The number of carbonyl (C=O) groups is 2. The summed E-state index contributed by atoms with van der Waals surface area (Å²) in [4.78, 5) is 25.8. The summed E-state index contributed by atoms with van der Waals surface area (Å²) in [6.07, 6.45) is 1.45. The van der Waals surface area contributed by atoms with Crippen LogP contribution in [0, 0.1) is 5.92 Å². The third-order valence-corrected chi connectivity index (χ3v) is 2.84. The fourth-order valence-corrected chi connectivity index (χ4v) is 1.73. The van der Waals surface area contributed by atoms with Crippen LogP contribution in [0.4, 0.5) is 4.79 Å². The summed E-state index contributed by atoms with van der Waals surface area (Å²) >= 11 is 0. The zero-order chi connectivity index (χ0) is 11.4. The number of likely N-dealkylation sites (tertiary alicyclic amines) is 1. The molecule has 0 bridgehead atoms. The average molecular weight is 214 g/mol. The number of hydrogen-bond acceptors (Lipinski definition) is 2. The lowest BCUT2D eigenvalue weighted by molar-refractivity contribution is -0.143. The third-order valence-electron chi connectivity index (χ3n) is 2.84. The van der Waals surface area contributed by atoms with Crippen LogP contribution in [0.5, 0.6) is 0 Å². The lowest BCUT2D eigenvalue weighted by atomic mass is 9.99. The molecule has 1 rings (SSSR count). The lowest BCUT2D eigenvalue weighted by Crippen LogP contribution is -2.47. The minimum Gasteiger partial charge on any atom is -0.481 e. The highest BCUT2D eigenvalue weighted by Crippen LogP contribution is 2.17. The summed E-state index contributed by atoms with van der Waals surface area (Å²) in [5.41, 5.74) is 0. The van der Waals surface area contributed by atoms with E-state index < -0.39 is 11.9 Å². The molecule has 0 aromatic rings. The van der Waals surface area contributed by atoms with Gasteiger partial charge in [0.2, 0.25) is 0 Å². The molecule has 1 heterocycles. The Bertz CT molecular complexity index is 255. The van der Waals surface area contributed by atoms with Crippen LogP contribution in [0.15, 0.2) is 0 Å². The lowest BCUT2D eigenvalue weighted by Gasteiger charge is -2.33. The Labute approximate surface area is 89.7 Å². The second kappa shape index (κ2) is 5.00. The first-order chi connectivity index (χ1) is 7.06. The van der Waals surface area contributed by atoms with Crippen molar-refractivity contribution in [2.24, 2.45) is 5.92 Å². The normalized spacial score (nSPS) is 21.2. The van der Waals surface area contributed by atoms with Crippen LogP contribution in [-0.2, 0) is 4.79 Å². The monoisotopic (exact) mass is 214 g/mol. The first-order valence-electron chi connectivity index (χ1n) is 5.29. The zero-order valence-electron chi connectivity index (χ0n) is 9.27. The fourth-order valence-electron chi connectivity index (χ4n) is 1.73. The average Bonchev–Trinajstić information content (AvgIpc) is 2.27. The van der Waals surface area contributed by atoms with Gasteiger partial charge in [-0.25, -0.2) is 4.79 Å². The highest BCUT2D eigenvalue weighted by Gasteiger charge is 2.28. The molecule has 1 N–H and O–H groups in total. The number of carboxylic acids is 1. The maximum Gasteiger partial charge on any atom is 0.319 e. The largest absolute Gasteiger partial charge is 0.481 e. The van der Waals surface area contributed by atoms with Gasteiger partial charge < -0.3 is 14.9 Å². The number of rotatable bonds is 2. The van der Waals surface area contributed by atoms with E-state index in [0.29, 0.717) is 26.1 Å². The number of carbonyl (C=O) groups excluding carboxylic acids is 1. The smallest absolute Gasteiger partial charge is 0.319 e. The molecule has 0 radical (unpaired) electrons. The Hall–Kier alpha value is -1.26. The predicted octanol–water partition coefficient (Wildman–Crippen LogP) is 0.855. The number of nitrogens with zero attached hydrogens (tertiary/aromatic N) is 2. The standard InChI is InChI=1S/C10H18N2O3/c1-3-11(2)10(15)12-6-4-5-8(7-12)9(13)14/h8H,3-7H2,1-2H3,(H,13,14)/t8-/m0/s1. The molecule has 2 amide bonds. The first-order valence-corrected chi connectivity index (χ1v) is 5.29. The van der Waals surface area contributed by atoms with Crippen molar-refractivity contribution in [2.45, 2.75) is 19.8 Å². The van der Waals surface area contributed by atoms with Crippen LogP contribution in [0.1, 0.15) is 19.8 Å². The van der Waals surface area contributed by atoms with Gasteiger partial charge >= 0.3 is 12.0 Å². The van der Waals surface area contributed by atoms with Gasteiger partial charge in [-0.2, -0.15) is 0 Å². The molecular formula is C10H18N2O3. The van der Waals surface area contributed by atoms with Gasteiger partial charge in [-0.15, -0.1) is 0 Å². The second-order valence-electron chi connectivity index (χ2n) is 3.92. The van der Waals surface area contributed by atoms with Crippen LogP contribution in [0.2, 0.25) is 0 Å². The van der Waals surface area contributed by atoms with Crippen LogP contribution >= 0.6 is 0 Å². The third kappa shape index (κ3) is 2.84. The van der Waals surface area contributed by atoms with E-state index in [2.05, 4.69) is 0 Å². The van der Waals surface area contributed by atoms with Gasteiger partial charge in [0.15, 0.2) is 0 Å². The summed E-state index contributed by atoms with van der Waals surface area (Å²) in [7, 11) is 1.73. The molecule has 0 spiro atoms. The van der Waals surface area contributed by atoms with E-state index in [0.717, 1.165) is 6.42 Å². The van der Waals surface area contributed by atoms with Crippen LogP contribution in [0.25, 0.3) is 0 Å². The van der Waals surface area contributed by atoms with Crippen LogP contribution < -0.4 is 0 Å². The topological polar surface area (TPSA) is 60.9 Å². The minimum absolute atomic E-state index is 0.0662. The van der Waals surface area contributed by atoms with Gasteiger partial charge in [0.1, 0.15) is 0 Å². The maximum absolute atomic E-state index is 11.8. The molecule has 1 atom stereocenters. The van der Waals surface area contributed by atoms with Crippen molar-refractivity contribution in [3.63, 3.8) is 0 Å². The summed E-state index contributed by atoms with van der Waals surface area (Å²) in [5.74, 6) is -1.19. The van der Waals surface area contributed by atoms with E-state index in [-0.39, 0.29) is 6.03 Å². The Morgan fingerprint density at radius 1 is 1.53 bits per heavy atom. The highest BCUT2D eigenvalue weighted by atomic mass is 16.4. The SMILES string of the molecule is CCN(C)C(=O)N1CCC[C@H](C(=O)O)C1. The quantitative estimate of drug-likeness (QED) is 0.741. The molecule has 1 saturated heterocycles. The van der Waals surface area contributed by atoms with Crippen LogP contribution in [-0.4, -0.2) is 53.6 Å². The molecule has 15 heavy (non-hydrogen) atoms. The second-order valence-corrected chi connectivity index (χ2v) is 3.92. The van der Waals surface area contributed by atoms with Crippen molar-refractivity contribution >= 4 is 12.0 Å². The highest BCUT2D eigenvalue weighted by molar-refractivity contribution is 5.76. The summed E-state index contributed by atoms with van der Waals surface area (Å²) in [6, 6.07) is -0.0662. The van der Waals surface area contributed by atoms with Gasteiger partial charge in [0.25, 0.3) is 0 Å². The number of piperidine rings is 1. The van der Waals surface area contributed by atoms with Crippen molar-refractivity contribution in [2.75, 3.05) is 26.7 Å². The van der Waals surface area contributed by atoms with Gasteiger partial charge in [-0.3, -0.25) is 4.79 Å². The molecule has 0 aromatic carbocycles. The summed E-state index contributed by atoms with van der Waals surface area (Å²) in [5, 5.41) is 8.88. The van der Waals surface area contributed by atoms with E-state index in [4.69, 9.17) is 5.11 Å². The van der Waals surface area contributed by atoms with E-state index in [1.807, 2.05) is 6.92 Å². The molecule has 0 unspecified atom stereocenters. The Kier molecular flexibility index (Phi) is 3.94. The number of urea groups is 1. The molecule has 86 valence electrons. The van der Waals surface area contributed by atoms with E-state index in [1.54, 1.807) is 16.8 Å².